The number of piperidine rings is 1. The number of rotatable bonds is 4. The van der Waals surface area contributed by atoms with Crippen molar-refractivity contribution in [2.24, 2.45) is 0 Å². The molecule has 12 nitrogen and oxygen atoms in total. The number of carboxylic acids is 1. The van der Waals surface area contributed by atoms with Crippen molar-refractivity contribution in [1.82, 2.24) is 29.4 Å². The normalized spacial score (nSPS) is 18.3. The lowest BCUT2D eigenvalue weighted by Gasteiger charge is -2.39. The van der Waals surface area contributed by atoms with Crippen LogP contribution in [0, 0.1) is 6.92 Å². The van der Waals surface area contributed by atoms with Crippen LogP contribution in [0.5, 0.6) is 5.75 Å². The van der Waals surface area contributed by atoms with E-state index in [-0.39, 0.29) is 46.4 Å². The third-order valence-electron chi connectivity index (χ3n) is 7.65. The zero-order valence-electron chi connectivity index (χ0n) is 21.2. The van der Waals surface area contributed by atoms with E-state index in [0.717, 1.165) is 0 Å². The summed E-state index contributed by atoms with van der Waals surface area (Å²) in [6.07, 6.45) is 4.50. The third-order valence-corrected chi connectivity index (χ3v) is 7.65. The summed E-state index contributed by atoms with van der Waals surface area (Å²) < 4.78 is 1.62. The number of pyridine rings is 1. The van der Waals surface area contributed by atoms with Crippen LogP contribution in [0.1, 0.15) is 59.5 Å². The van der Waals surface area contributed by atoms with Crippen molar-refractivity contribution in [2.45, 2.75) is 51.0 Å². The van der Waals surface area contributed by atoms with Crippen LogP contribution in [-0.2, 0) is 16.8 Å². The fourth-order valence-corrected chi connectivity index (χ4v) is 5.89. The van der Waals surface area contributed by atoms with Crippen LogP contribution in [0.25, 0.3) is 11.2 Å². The predicted octanol–water partition coefficient (Wildman–Crippen LogP) is 1.43. The van der Waals surface area contributed by atoms with Crippen molar-refractivity contribution in [3.63, 3.8) is 0 Å². The van der Waals surface area contributed by atoms with Crippen LogP contribution < -0.4 is 10.3 Å². The second-order valence-electron chi connectivity index (χ2n) is 10.2. The van der Waals surface area contributed by atoms with Gasteiger partial charge in [-0.3, -0.25) is 14.4 Å². The number of hydrogen-bond donors (Lipinski definition) is 2. The lowest BCUT2D eigenvalue weighted by molar-refractivity contribution is -0.137. The number of likely N-dealkylation sites (tertiary alicyclic amines) is 1. The van der Waals surface area contributed by atoms with Gasteiger partial charge in [0, 0.05) is 43.9 Å². The van der Waals surface area contributed by atoms with Gasteiger partial charge in [-0.1, -0.05) is 6.92 Å². The van der Waals surface area contributed by atoms with Gasteiger partial charge in [0.1, 0.15) is 18.7 Å². The fraction of sp³-hybridized carbons (Fsp3) is 0.480. The SMILES string of the molecule is Cc1ncnc(C(=O)N2CCC3(CC2)C[C@H](C)c2c3c(=O)c3nc(N(C)C)cnc3n2CC(=O)O)c1O. The number of aliphatic carboxylic acids is 1. The first-order valence-electron chi connectivity index (χ1n) is 12.2. The van der Waals surface area contributed by atoms with Crippen molar-refractivity contribution < 1.29 is 19.8 Å². The van der Waals surface area contributed by atoms with Gasteiger partial charge >= 0.3 is 5.97 Å². The number of carbonyl (C=O) groups excluding carboxylic acids is 1. The van der Waals surface area contributed by atoms with Gasteiger partial charge in [-0.05, 0) is 32.1 Å². The van der Waals surface area contributed by atoms with E-state index in [1.807, 2.05) is 6.92 Å². The van der Waals surface area contributed by atoms with E-state index in [1.165, 1.54) is 12.5 Å². The summed E-state index contributed by atoms with van der Waals surface area (Å²) in [4.78, 5) is 59.2. The highest BCUT2D eigenvalue weighted by atomic mass is 16.4. The third kappa shape index (κ3) is 3.87. The van der Waals surface area contributed by atoms with Crippen LogP contribution in [0.4, 0.5) is 5.82 Å². The molecule has 0 unspecified atom stereocenters. The zero-order chi connectivity index (χ0) is 26.6. The molecule has 3 aromatic heterocycles. The van der Waals surface area contributed by atoms with Crippen LogP contribution in [-0.4, -0.2) is 78.7 Å². The molecule has 12 heteroatoms. The predicted molar refractivity (Wildman–Crippen MR) is 134 cm³/mol. The average Bonchev–Trinajstić information content (AvgIpc) is 3.14. The molecule has 2 aliphatic rings. The van der Waals surface area contributed by atoms with E-state index in [0.29, 0.717) is 55.1 Å². The van der Waals surface area contributed by atoms with E-state index in [1.54, 1.807) is 35.4 Å². The van der Waals surface area contributed by atoms with Gasteiger partial charge in [0.2, 0.25) is 5.43 Å². The zero-order valence-corrected chi connectivity index (χ0v) is 21.2. The Morgan fingerprint density at radius 1 is 1.19 bits per heavy atom. The average molecular weight is 508 g/mol. The highest BCUT2D eigenvalue weighted by Gasteiger charge is 2.49. The van der Waals surface area contributed by atoms with E-state index in [4.69, 9.17) is 0 Å². The summed E-state index contributed by atoms with van der Waals surface area (Å²) in [5, 5.41) is 20.0. The minimum absolute atomic E-state index is 0.0371. The largest absolute Gasteiger partial charge is 0.504 e. The first-order valence-corrected chi connectivity index (χ1v) is 12.2. The van der Waals surface area contributed by atoms with Crippen LogP contribution in [0.15, 0.2) is 17.3 Å². The molecule has 0 saturated carbocycles. The molecule has 1 amide bonds. The van der Waals surface area contributed by atoms with E-state index >= 15 is 0 Å². The number of aryl methyl sites for hydroxylation is 1. The van der Waals surface area contributed by atoms with Gasteiger partial charge < -0.3 is 24.6 Å². The highest BCUT2D eigenvalue weighted by Crippen LogP contribution is 2.51. The molecule has 0 bridgehead atoms. The lowest BCUT2D eigenvalue weighted by atomic mass is 9.73. The molecule has 1 fully saturated rings. The molecule has 1 spiro atoms. The number of amides is 1. The molecule has 0 aromatic carbocycles. The van der Waals surface area contributed by atoms with Gasteiger partial charge in [0.25, 0.3) is 5.91 Å². The molecule has 1 saturated heterocycles. The lowest BCUT2D eigenvalue weighted by Crippen LogP contribution is -2.46. The summed E-state index contributed by atoms with van der Waals surface area (Å²) in [6.45, 7) is 4.01. The smallest absolute Gasteiger partial charge is 0.323 e. The standard InChI is InChI=1S/C25H29N7O5/c1-13-9-25(5-7-31(8-6-25)24(37)19-21(35)14(2)27-12-28-19)17-20(13)32(11-16(33)34)23-18(22(17)36)29-15(10-26-23)30(3)4/h10,12-13,35H,5-9,11H2,1-4H3,(H,33,34)/t13-/m0/s1. The highest BCUT2D eigenvalue weighted by molar-refractivity contribution is 5.95. The Bertz CT molecular complexity index is 1490. The van der Waals surface area contributed by atoms with Crippen molar-refractivity contribution in [1.29, 1.82) is 0 Å². The summed E-state index contributed by atoms with van der Waals surface area (Å²) in [5.74, 6) is -1.21. The molecular weight excluding hydrogens is 478 g/mol. The number of nitrogens with zero attached hydrogens (tertiary/aromatic N) is 7. The second kappa shape index (κ2) is 8.79. The summed E-state index contributed by atoms with van der Waals surface area (Å²) >= 11 is 0. The minimum Gasteiger partial charge on any atom is -0.504 e. The van der Waals surface area contributed by atoms with Gasteiger partial charge in [0.15, 0.2) is 22.6 Å². The summed E-state index contributed by atoms with van der Waals surface area (Å²) in [5.41, 5.74) is 1.25. The maximum absolute atomic E-state index is 14.0. The summed E-state index contributed by atoms with van der Waals surface area (Å²) in [6, 6.07) is 0. The maximum atomic E-state index is 14.0. The molecule has 3 aromatic rings. The molecule has 5 rings (SSSR count). The minimum atomic E-state index is -1.03. The van der Waals surface area contributed by atoms with Gasteiger partial charge in [-0.15, -0.1) is 0 Å². The first-order chi connectivity index (χ1) is 17.5. The Kier molecular flexibility index (Phi) is 5.84. The molecule has 37 heavy (non-hydrogen) atoms. The molecule has 194 valence electrons. The van der Waals surface area contributed by atoms with Crippen molar-refractivity contribution >= 4 is 28.9 Å². The number of hydrogen-bond acceptors (Lipinski definition) is 9. The van der Waals surface area contributed by atoms with Crippen LogP contribution in [0.3, 0.4) is 0 Å². The molecule has 1 aliphatic carbocycles. The Labute approximate surface area is 212 Å². The first kappa shape index (κ1) is 24.6. The monoisotopic (exact) mass is 507 g/mol. The molecule has 0 radical (unpaired) electrons. The Morgan fingerprint density at radius 2 is 1.89 bits per heavy atom. The van der Waals surface area contributed by atoms with Crippen LogP contribution >= 0.6 is 0 Å². The molecule has 1 aliphatic heterocycles. The second-order valence-corrected chi connectivity index (χ2v) is 10.2. The number of aromatic nitrogens is 5. The number of carbonyl (C=O) groups is 2. The van der Waals surface area contributed by atoms with Gasteiger partial charge in [-0.2, -0.15) is 0 Å². The van der Waals surface area contributed by atoms with Gasteiger partial charge in [-0.25, -0.2) is 19.9 Å². The molecule has 4 heterocycles. The quantitative estimate of drug-likeness (QED) is 0.530. The molecule has 1 atom stereocenters. The maximum Gasteiger partial charge on any atom is 0.323 e. The van der Waals surface area contributed by atoms with Crippen LogP contribution in [0.2, 0.25) is 0 Å². The number of carboxylic acid groups (broad SMARTS) is 1. The van der Waals surface area contributed by atoms with Gasteiger partial charge in [0.05, 0.1) is 11.9 Å². The Hall–Kier alpha value is -4.09. The fourth-order valence-electron chi connectivity index (χ4n) is 5.89. The number of anilines is 1. The topological polar surface area (TPSA) is 155 Å². The Morgan fingerprint density at radius 3 is 2.54 bits per heavy atom. The summed E-state index contributed by atoms with van der Waals surface area (Å²) in [7, 11) is 3.60. The van der Waals surface area contributed by atoms with E-state index < -0.39 is 11.4 Å². The van der Waals surface area contributed by atoms with Crippen molar-refractivity contribution in [3.8, 4) is 5.75 Å². The Balaban J connectivity index is 1.58. The van der Waals surface area contributed by atoms with Crippen molar-refractivity contribution in [2.75, 3.05) is 32.1 Å². The molecular formula is C25H29N7O5. The van der Waals surface area contributed by atoms with E-state index in [2.05, 4.69) is 19.9 Å². The number of aromatic hydroxyl groups is 1. The number of fused-ring (bicyclic) bond motifs is 3. The van der Waals surface area contributed by atoms with E-state index in [9.17, 15) is 24.6 Å². The molecule has 2 N–H and O–H groups in total. The van der Waals surface area contributed by atoms with Crippen molar-refractivity contribution in [3.05, 3.63) is 45.4 Å².